The molecule has 1 aliphatic rings. The van der Waals surface area contributed by atoms with Crippen molar-refractivity contribution >= 4 is 5.95 Å². The van der Waals surface area contributed by atoms with Crippen LogP contribution in [0.25, 0.3) is 0 Å². The molecule has 0 spiro atoms. The molecule has 0 saturated heterocycles. The molecule has 0 bridgehead atoms. The zero-order valence-electron chi connectivity index (χ0n) is 11.4. The van der Waals surface area contributed by atoms with Crippen molar-refractivity contribution in [1.29, 1.82) is 0 Å². The summed E-state index contributed by atoms with van der Waals surface area (Å²) < 4.78 is 10.0. The lowest BCUT2D eigenvalue weighted by Crippen LogP contribution is -2.22. The first-order valence-corrected chi connectivity index (χ1v) is 6.17. The lowest BCUT2D eigenvalue weighted by molar-refractivity contribution is 0.339. The molecule has 0 unspecified atom stereocenters. The fourth-order valence-electron chi connectivity index (χ4n) is 1.97. The SMILES string of the molecule is COc1nc(NCC2(C(C)C)CC2)nc(OC)n1. The van der Waals surface area contributed by atoms with E-state index in [0.717, 1.165) is 6.54 Å². The molecule has 6 heteroatoms. The van der Waals surface area contributed by atoms with Gasteiger partial charge in [0.05, 0.1) is 14.2 Å². The van der Waals surface area contributed by atoms with Crippen LogP contribution < -0.4 is 14.8 Å². The van der Waals surface area contributed by atoms with Gasteiger partial charge in [0.25, 0.3) is 0 Å². The topological polar surface area (TPSA) is 69.2 Å². The van der Waals surface area contributed by atoms with Crippen LogP contribution in [0.4, 0.5) is 5.95 Å². The van der Waals surface area contributed by atoms with Crippen molar-refractivity contribution in [2.75, 3.05) is 26.1 Å². The maximum atomic E-state index is 5.01. The van der Waals surface area contributed by atoms with E-state index in [-0.39, 0.29) is 12.0 Å². The summed E-state index contributed by atoms with van der Waals surface area (Å²) in [6.07, 6.45) is 2.52. The number of hydrogen-bond donors (Lipinski definition) is 1. The molecule has 100 valence electrons. The summed E-state index contributed by atoms with van der Waals surface area (Å²) in [5, 5.41) is 3.26. The van der Waals surface area contributed by atoms with Gasteiger partial charge in [-0.1, -0.05) is 13.8 Å². The van der Waals surface area contributed by atoms with Crippen LogP contribution in [0.5, 0.6) is 12.0 Å². The number of nitrogens with one attached hydrogen (secondary N) is 1. The molecule has 18 heavy (non-hydrogen) atoms. The van der Waals surface area contributed by atoms with Gasteiger partial charge in [-0.3, -0.25) is 0 Å². The van der Waals surface area contributed by atoms with Crippen molar-refractivity contribution < 1.29 is 9.47 Å². The number of nitrogens with zero attached hydrogens (tertiary/aromatic N) is 3. The first-order chi connectivity index (χ1) is 8.59. The second-order valence-electron chi connectivity index (χ2n) is 5.00. The van der Waals surface area contributed by atoms with E-state index >= 15 is 0 Å². The zero-order valence-corrected chi connectivity index (χ0v) is 11.4. The van der Waals surface area contributed by atoms with Crippen LogP contribution in [0.3, 0.4) is 0 Å². The maximum Gasteiger partial charge on any atom is 0.324 e. The molecule has 1 aromatic heterocycles. The molecule has 2 rings (SSSR count). The van der Waals surface area contributed by atoms with Gasteiger partial charge >= 0.3 is 12.0 Å². The summed E-state index contributed by atoms with van der Waals surface area (Å²) in [4.78, 5) is 12.3. The van der Waals surface area contributed by atoms with Gasteiger partial charge in [0.2, 0.25) is 5.95 Å². The zero-order chi connectivity index (χ0) is 13.2. The number of rotatable bonds is 6. The van der Waals surface area contributed by atoms with Gasteiger partial charge in [-0.2, -0.15) is 9.97 Å². The quantitative estimate of drug-likeness (QED) is 0.831. The van der Waals surface area contributed by atoms with Gasteiger partial charge in [-0.05, 0) is 24.2 Å². The van der Waals surface area contributed by atoms with Gasteiger partial charge in [0.1, 0.15) is 0 Å². The number of aromatic nitrogens is 3. The van der Waals surface area contributed by atoms with Crippen molar-refractivity contribution in [2.45, 2.75) is 26.7 Å². The molecule has 1 N–H and O–H groups in total. The Kier molecular flexibility index (Phi) is 3.54. The summed E-state index contributed by atoms with van der Waals surface area (Å²) in [5.41, 5.74) is 0.396. The molecule has 0 radical (unpaired) electrons. The Bertz CT molecular complexity index is 396. The van der Waals surface area contributed by atoms with E-state index in [1.165, 1.54) is 27.1 Å². The highest BCUT2D eigenvalue weighted by atomic mass is 16.5. The molecule has 0 aromatic carbocycles. The van der Waals surface area contributed by atoms with E-state index in [4.69, 9.17) is 9.47 Å². The van der Waals surface area contributed by atoms with Crippen molar-refractivity contribution in [1.82, 2.24) is 15.0 Å². The van der Waals surface area contributed by atoms with Crippen LogP contribution in [0, 0.1) is 11.3 Å². The lowest BCUT2D eigenvalue weighted by Gasteiger charge is -2.19. The lowest BCUT2D eigenvalue weighted by atomic mass is 9.92. The van der Waals surface area contributed by atoms with E-state index in [9.17, 15) is 0 Å². The molecular weight excluding hydrogens is 232 g/mol. The normalized spacial score (nSPS) is 16.5. The first kappa shape index (κ1) is 12.9. The Balaban J connectivity index is 2.05. The maximum absolute atomic E-state index is 5.01. The summed E-state index contributed by atoms with van der Waals surface area (Å²) in [7, 11) is 3.05. The van der Waals surface area contributed by atoms with E-state index in [0.29, 0.717) is 17.3 Å². The third kappa shape index (κ3) is 2.63. The van der Waals surface area contributed by atoms with Crippen LogP contribution in [-0.2, 0) is 0 Å². The highest BCUT2D eigenvalue weighted by Gasteiger charge is 2.45. The second-order valence-corrected chi connectivity index (χ2v) is 5.00. The number of ether oxygens (including phenoxy) is 2. The summed E-state index contributed by atoms with van der Waals surface area (Å²) >= 11 is 0. The molecule has 1 saturated carbocycles. The molecule has 1 fully saturated rings. The van der Waals surface area contributed by atoms with E-state index < -0.39 is 0 Å². The van der Waals surface area contributed by atoms with Crippen LogP contribution >= 0.6 is 0 Å². The van der Waals surface area contributed by atoms with Gasteiger partial charge in [-0.15, -0.1) is 4.98 Å². The Morgan fingerprint density at radius 3 is 2.06 bits per heavy atom. The third-order valence-corrected chi connectivity index (χ3v) is 3.68. The average molecular weight is 252 g/mol. The van der Waals surface area contributed by atoms with Crippen molar-refractivity contribution in [3.05, 3.63) is 0 Å². The minimum atomic E-state index is 0.263. The fourth-order valence-corrected chi connectivity index (χ4v) is 1.97. The predicted octanol–water partition coefficient (Wildman–Crippen LogP) is 1.74. The van der Waals surface area contributed by atoms with E-state index in [2.05, 4.69) is 34.1 Å². The molecule has 6 nitrogen and oxygen atoms in total. The van der Waals surface area contributed by atoms with Gasteiger partial charge < -0.3 is 14.8 Å². The molecule has 0 atom stereocenters. The minimum absolute atomic E-state index is 0.263. The second kappa shape index (κ2) is 4.96. The molecule has 1 heterocycles. The summed E-state index contributed by atoms with van der Waals surface area (Å²) in [5.74, 6) is 1.17. The molecular formula is C12H20N4O2. The smallest absolute Gasteiger partial charge is 0.324 e. The van der Waals surface area contributed by atoms with Crippen LogP contribution in [0.2, 0.25) is 0 Å². The van der Waals surface area contributed by atoms with Gasteiger partial charge in [-0.25, -0.2) is 0 Å². The van der Waals surface area contributed by atoms with Crippen LogP contribution in [-0.4, -0.2) is 35.7 Å². The Morgan fingerprint density at radius 1 is 1.11 bits per heavy atom. The van der Waals surface area contributed by atoms with Crippen LogP contribution in [0.15, 0.2) is 0 Å². The standard InChI is InChI=1S/C12H20N4O2/c1-8(2)12(5-6-12)7-13-9-14-10(17-3)16-11(15-9)18-4/h8H,5-7H2,1-4H3,(H,13,14,15,16). The molecule has 0 amide bonds. The fraction of sp³-hybridized carbons (Fsp3) is 0.750. The van der Waals surface area contributed by atoms with E-state index in [1.807, 2.05) is 0 Å². The molecule has 1 aliphatic carbocycles. The van der Waals surface area contributed by atoms with Crippen LogP contribution in [0.1, 0.15) is 26.7 Å². The Morgan fingerprint density at radius 2 is 1.67 bits per heavy atom. The predicted molar refractivity (Wildman–Crippen MR) is 67.9 cm³/mol. The number of hydrogen-bond acceptors (Lipinski definition) is 6. The molecule has 1 aromatic rings. The van der Waals surface area contributed by atoms with Gasteiger partial charge in [0.15, 0.2) is 0 Å². The van der Waals surface area contributed by atoms with Crippen molar-refractivity contribution in [3.8, 4) is 12.0 Å². The highest BCUT2D eigenvalue weighted by molar-refractivity contribution is 5.28. The van der Waals surface area contributed by atoms with Gasteiger partial charge in [0, 0.05) is 6.54 Å². The van der Waals surface area contributed by atoms with Crippen molar-refractivity contribution in [2.24, 2.45) is 11.3 Å². The van der Waals surface area contributed by atoms with E-state index in [1.54, 1.807) is 0 Å². The third-order valence-electron chi connectivity index (χ3n) is 3.68. The highest BCUT2D eigenvalue weighted by Crippen LogP contribution is 2.51. The average Bonchev–Trinajstić information content (AvgIpc) is 3.17. The summed E-state index contributed by atoms with van der Waals surface area (Å²) in [6, 6.07) is 0.525. The minimum Gasteiger partial charge on any atom is -0.467 e. The number of anilines is 1. The monoisotopic (exact) mass is 252 g/mol. The number of methoxy groups -OCH3 is 2. The Labute approximate surface area is 107 Å². The largest absolute Gasteiger partial charge is 0.467 e. The molecule has 0 aliphatic heterocycles. The van der Waals surface area contributed by atoms with Crippen molar-refractivity contribution in [3.63, 3.8) is 0 Å². The first-order valence-electron chi connectivity index (χ1n) is 6.17. The summed E-state index contributed by atoms with van der Waals surface area (Å²) in [6.45, 7) is 5.38. The Hall–Kier alpha value is -1.59.